The molecule has 1 saturated heterocycles. The van der Waals surface area contributed by atoms with Gasteiger partial charge in [-0.05, 0) is 46.0 Å². The third-order valence-electron chi connectivity index (χ3n) is 3.95. The van der Waals surface area contributed by atoms with Crippen molar-refractivity contribution in [2.24, 2.45) is 5.92 Å². The first kappa shape index (κ1) is 10.9. The SMILES string of the molecule is CCC1NC(C)C(=O)N1C(C)(C)C1CC1. The van der Waals surface area contributed by atoms with E-state index in [1.165, 1.54) is 12.8 Å². The second kappa shape index (κ2) is 3.48. The van der Waals surface area contributed by atoms with Gasteiger partial charge in [-0.25, -0.2) is 0 Å². The number of amides is 1. The summed E-state index contributed by atoms with van der Waals surface area (Å²) in [5.41, 5.74) is 0.0372. The molecule has 0 bridgehead atoms. The zero-order valence-corrected chi connectivity index (χ0v) is 10.2. The van der Waals surface area contributed by atoms with Crippen molar-refractivity contribution < 1.29 is 4.79 Å². The lowest BCUT2D eigenvalue weighted by molar-refractivity contribution is -0.135. The van der Waals surface area contributed by atoms with Crippen LogP contribution in [0.4, 0.5) is 0 Å². The van der Waals surface area contributed by atoms with Crippen molar-refractivity contribution in [3.8, 4) is 0 Å². The molecule has 2 unspecified atom stereocenters. The third kappa shape index (κ3) is 1.67. The summed E-state index contributed by atoms with van der Waals surface area (Å²) in [7, 11) is 0. The highest BCUT2D eigenvalue weighted by molar-refractivity contribution is 5.84. The molecule has 1 heterocycles. The zero-order chi connectivity index (χ0) is 11.2. The van der Waals surface area contributed by atoms with Gasteiger partial charge in [0.05, 0.1) is 12.2 Å². The van der Waals surface area contributed by atoms with Gasteiger partial charge < -0.3 is 4.90 Å². The summed E-state index contributed by atoms with van der Waals surface area (Å²) in [6.07, 6.45) is 3.79. The molecule has 2 fully saturated rings. The molecule has 0 spiro atoms. The van der Waals surface area contributed by atoms with Crippen molar-refractivity contribution in [1.29, 1.82) is 0 Å². The van der Waals surface area contributed by atoms with Crippen LogP contribution in [0, 0.1) is 5.92 Å². The van der Waals surface area contributed by atoms with E-state index in [1.807, 2.05) is 6.92 Å². The van der Waals surface area contributed by atoms with Crippen LogP contribution >= 0.6 is 0 Å². The van der Waals surface area contributed by atoms with E-state index in [1.54, 1.807) is 0 Å². The fourth-order valence-corrected chi connectivity index (χ4v) is 2.77. The molecule has 0 aromatic heterocycles. The molecule has 0 aromatic rings. The van der Waals surface area contributed by atoms with Crippen molar-refractivity contribution in [1.82, 2.24) is 10.2 Å². The van der Waals surface area contributed by atoms with Gasteiger partial charge in [-0.2, -0.15) is 0 Å². The Morgan fingerprint density at radius 1 is 1.47 bits per heavy atom. The van der Waals surface area contributed by atoms with Gasteiger partial charge >= 0.3 is 0 Å². The van der Waals surface area contributed by atoms with Crippen molar-refractivity contribution in [3.05, 3.63) is 0 Å². The van der Waals surface area contributed by atoms with Crippen LogP contribution in [0.2, 0.25) is 0 Å². The second-order valence-corrected chi connectivity index (χ2v) is 5.45. The van der Waals surface area contributed by atoms with Gasteiger partial charge in [0.2, 0.25) is 5.91 Å². The molecule has 86 valence electrons. The summed E-state index contributed by atoms with van der Waals surface area (Å²) in [6.45, 7) is 8.53. The van der Waals surface area contributed by atoms with E-state index in [0.29, 0.717) is 5.92 Å². The number of carbonyl (C=O) groups excluding carboxylic acids is 1. The van der Waals surface area contributed by atoms with Crippen molar-refractivity contribution in [2.45, 2.75) is 64.7 Å². The number of rotatable bonds is 3. The average Bonchev–Trinajstić information content (AvgIpc) is 2.95. The van der Waals surface area contributed by atoms with Crippen LogP contribution < -0.4 is 5.32 Å². The van der Waals surface area contributed by atoms with Crippen molar-refractivity contribution in [3.63, 3.8) is 0 Å². The van der Waals surface area contributed by atoms with Gasteiger partial charge in [-0.1, -0.05) is 6.92 Å². The molecule has 1 amide bonds. The predicted molar refractivity (Wildman–Crippen MR) is 60.3 cm³/mol. The van der Waals surface area contributed by atoms with E-state index in [2.05, 4.69) is 31.0 Å². The number of nitrogens with one attached hydrogen (secondary N) is 1. The lowest BCUT2D eigenvalue weighted by atomic mass is 9.95. The molecule has 2 aliphatic rings. The molecule has 3 heteroatoms. The van der Waals surface area contributed by atoms with Gasteiger partial charge in [-0.3, -0.25) is 10.1 Å². The Hall–Kier alpha value is -0.570. The smallest absolute Gasteiger partial charge is 0.241 e. The standard InChI is InChI=1S/C12H22N2O/c1-5-10-13-8(2)11(15)14(10)12(3,4)9-6-7-9/h8-10,13H,5-7H2,1-4H3. The van der Waals surface area contributed by atoms with E-state index in [4.69, 9.17) is 0 Å². The van der Waals surface area contributed by atoms with Gasteiger partial charge in [0.15, 0.2) is 0 Å². The number of hydrogen-bond donors (Lipinski definition) is 1. The molecule has 1 N–H and O–H groups in total. The van der Waals surface area contributed by atoms with Gasteiger partial charge in [0, 0.05) is 5.54 Å². The van der Waals surface area contributed by atoms with Crippen molar-refractivity contribution in [2.75, 3.05) is 0 Å². The first-order valence-corrected chi connectivity index (χ1v) is 6.07. The Balaban J connectivity index is 2.21. The van der Waals surface area contributed by atoms with E-state index in [9.17, 15) is 4.79 Å². The fourth-order valence-electron chi connectivity index (χ4n) is 2.77. The fraction of sp³-hybridized carbons (Fsp3) is 0.917. The summed E-state index contributed by atoms with van der Waals surface area (Å²) >= 11 is 0. The molecular formula is C12H22N2O. The van der Waals surface area contributed by atoms with Crippen LogP contribution in [-0.4, -0.2) is 28.6 Å². The summed E-state index contributed by atoms with van der Waals surface area (Å²) < 4.78 is 0. The average molecular weight is 210 g/mol. The highest BCUT2D eigenvalue weighted by atomic mass is 16.2. The van der Waals surface area contributed by atoms with Crippen LogP contribution in [0.3, 0.4) is 0 Å². The second-order valence-electron chi connectivity index (χ2n) is 5.45. The summed E-state index contributed by atoms with van der Waals surface area (Å²) in [4.78, 5) is 14.2. The Bertz CT molecular complexity index is 271. The number of nitrogens with zero attached hydrogens (tertiary/aromatic N) is 1. The zero-order valence-electron chi connectivity index (χ0n) is 10.2. The highest BCUT2D eigenvalue weighted by Gasteiger charge is 2.50. The lowest BCUT2D eigenvalue weighted by Crippen LogP contribution is -2.52. The van der Waals surface area contributed by atoms with Crippen LogP contribution in [0.1, 0.15) is 47.0 Å². The van der Waals surface area contributed by atoms with Crippen molar-refractivity contribution >= 4 is 5.91 Å². The van der Waals surface area contributed by atoms with E-state index < -0.39 is 0 Å². The molecule has 0 radical (unpaired) electrons. The normalized spacial score (nSPS) is 32.5. The first-order chi connectivity index (χ1) is 6.98. The molecule has 1 saturated carbocycles. The quantitative estimate of drug-likeness (QED) is 0.769. The molecule has 0 aromatic carbocycles. The summed E-state index contributed by atoms with van der Waals surface area (Å²) in [5, 5.41) is 3.37. The Morgan fingerprint density at radius 2 is 2.07 bits per heavy atom. The predicted octanol–water partition coefficient (Wildman–Crippen LogP) is 1.73. The third-order valence-corrected chi connectivity index (χ3v) is 3.95. The minimum absolute atomic E-state index is 0.00650. The largest absolute Gasteiger partial charge is 0.320 e. The monoisotopic (exact) mass is 210 g/mol. The summed E-state index contributed by atoms with van der Waals surface area (Å²) in [5.74, 6) is 0.987. The molecule has 1 aliphatic carbocycles. The maximum absolute atomic E-state index is 12.1. The lowest BCUT2D eigenvalue weighted by Gasteiger charge is -2.39. The Labute approximate surface area is 92.2 Å². The molecule has 15 heavy (non-hydrogen) atoms. The van der Waals surface area contributed by atoms with E-state index in [-0.39, 0.29) is 23.7 Å². The van der Waals surface area contributed by atoms with Crippen LogP contribution in [-0.2, 0) is 4.79 Å². The molecule has 2 atom stereocenters. The number of hydrogen-bond acceptors (Lipinski definition) is 2. The van der Waals surface area contributed by atoms with Gasteiger partial charge in [0.25, 0.3) is 0 Å². The highest BCUT2D eigenvalue weighted by Crippen LogP contribution is 2.44. The maximum atomic E-state index is 12.1. The van der Waals surface area contributed by atoms with Crippen LogP contribution in [0.15, 0.2) is 0 Å². The molecule has 2 rings (SSSR count). The Kier molecular flexibility index (Phi) is 2.53. The minimum Gasteiger partial charge on any atom is -0.320 e. The molecular weight excluding hydrogens is 188 g/mol. The van der Waals surface area contributed by atoms with Gasteiger partial charge in [-0.15, -0.1) is 0 Å². The maximum Gasteiger partial charge on any atom is 0.241 e. The first-order valence-electron chi connectivity index (χ1n) is 6.07. The Morgan fingerprint density at radius 3 is 2.53 bits per heavy atom. The molecule has 3 nitrogen and oxygen atoms in total. The molecule has 1 aliphatic heterocycles. The van der Waals surface area contributed by atoms with Gasteiger partial charge in [0.1, 0.15) is 0 Å². The van der Waals surface area contributed by atoms with E-state index >= 15 is 0 Å². The van der Waals surface area contributed by atoms with Crippen LogP contribution in [0.25, 0.3) is 0 Å². The van der Waals surface area contributed by atoms with E-state index in [0.717, 1.165) is 6.42 Å². The van der Waals surface area contributed by atoms with Crippen LogP contribution in [0.5, 0.6) is 0 Å². The topological polar surface area (TPSA) is 32.3 Å². The minimum atomic E-state index is -0.00650. The summed E-state index contributed by atoms with van der Waals surface area (Å²) in [6, 6.07) is -0.00650. The number of carbonyl (C=O) groups is 1.